The van der Waals surface area contributed by atoms with Crippen molar-refractivity contribution >= 4 is 89.6 Å². The van der Waals surface area contributed by atoms with E-state index >= 15 is 0 Å². The molecule has 2 aliphatic heterocycles. The van der Waals surface area contributed by atoms with Gasteiger partial charge in [-0.3, -0.25) is 14.3 Å². The molecule has 0 spiro atoms. The van der Waals surface area contributed by atoms with Crippen molar-refractivity contribution < 1.29 is 67.0 Å². The predicted molar refractivity (Wildman–Crippen MR) is 242 cm³/mol. The number of benzene rings is 2. The second kappa shape index (κ2) is 22.3. The number of amides is 2. The number of methoxy groups -OCH3 is 1. The Hall–Kier alpha value is -4.20. The van der Waals surface area contributed by atoms with Crippen molar-refractivity contribution in [2.45, 2.75) is 81.7 Å². The van der Waals surface area contributed by atoms with Gasteiger partial charge in [0.2, 0.25) is 0 Å². The average Bonchev–Trinajstić information content (AvgIpc) is 3.21. The lowest BCUT2D eigenvalue weighted by molar-refractivity contribution is -0.138. The van der Waals surface area contributed by atoms with Gasteiger partial charge in [0.05, 0.1) is 76.8 Å². The number of nitrogens with zero attached hydrogens (tertiary/aromatic N) is 5. The molecular formula is C41H44Cl4F6N6O9S2. The molecule has 1 N–H and O–H groups in total. The van der Waals surface area contributed by atoms with Crippen LogP contribution in [0.4, 0.5) is 37.7 Å². The van der Waals surface area contributed by atoms with Crippen molar-refractivity contribution in [2.75, 3.05) is 49.0 Å². The summed E-state index contributed by atoms with van der Waals surface area (Å²) in [5.74, 6) is -1.17. The van der Waals surface area contributed by atoms with E-state index < -0.39 is 81.9 Å². The van der Waals surface area contributed by atoms with E-state index in [1.807, 2.05) is 0 Å². The molecule has 15 nitrogen and oxygen atoms in total. The maximum Gasteiger partial charge on any atom is 0.417 e. The summed E-state index contributed by atoms with van der Waals surface area (Å²) in [5, 5.41) is -1.28. The number of hydrogen-bond acceptors (Lipinski definition) is 11. The molecule has 68 heavy (non-hydrogen) atoms. The molecular weight excluding hydrogens is 1040 g/mol. The van der Waals surface area contributed by atoms with Gasteiger partial charge in [-0.25, -0.2) is 31.1 Å². The van der Waals surface area contributed by atoms with E-state index in [1.165, 1.54) is 35.4 Å². The lowest BCUT2D eigenvalue weighted by Crippen LogP contribution is -2.48. The largest absolute Gasteiger partial charge is 0.417 e. The molecule has 4 atom stereocenters. The highest BCUT2D eigenvalue weighted by Crippen LogP contribution is 2.39. The number of carbonyl (C=O) groups excluding carboxylic acids is 2. The molecule has 2 amide bonds. The van der Waals surface area contributed by atoms with E-state index in [4.69, 9.17) is 60.6 Å². The highest BCUT2D eigenvalue weighted by molar-refractivity contribution is 7.93. The fraction of sp³-hybridized carbons (Fsp3) is 0.415. The summed E-state index contributed by atoms with van der Waals surface area (Å²) in [6.45, 7) is 7.48. The van der Waals surface area contributed by atoms with E-state index in [0.717, 1.165) is 30.3 Å². The monoisotopic (exact) mass is 1080 g/mol. The lowest BCUT2D eigenvalue weighted by Gasteiger charge is -2.35. The number of sulfonamides is 2. The minimum absolute atomic E-state index is 0. The Morgan fingerprint density at radius 2 is 1.12 bits per heavy atom. The number of alkyl halides is 6. The molecule has 27 heteroatoms. The molecule has 374 valence electrons. The standard InChI is InChI=1S/C21H22Cl2F3N3O5S.C19H18Cl2F3N3O4S.CH4/c1-12-9-28(10-13(2)34-12)20(30)19-18(6-14(22)8-27-19)29(11-33-3)35(31,32)15-4-5-17(23)16(7-15)21(24,25)26;1-10-8-27(9-11(2)31-10)18(28)17-16(5-12(20)7-25-17)26-32(29,30)13-3-4-15(21)14(6-13)19(22,23)24;/h4-8,12-13H,9-11H2,1-3H3;3-7,10-11,26H,8-9H2,1-2H3;1H4. The van der Waals surface area contributed by atoms with Gasteiger partial charge in [-0.1, -0.05) is 53.8 Å². The quantitative estimate of drug-likeness (QED) is 0.118. The van der Waals surface area contributed by atoms with Crippen LogP contribution in [0.25, 0.3) is 0 Å². The van der Waals surface area contributed by atoms with Crippen LogP contribution in [0.2, 0.25) is 20.1 Å². The smallest absolute Gasteiger partial charge is 0.372 e. The first kappa shape index (κ1) is 56.4. The van der Waals surface area contributed by atoms with Crippen molar-refractivity contribution in [3.8, 4) is 0 Å². The molecule has 4 aromatic rings. The predicted octanol–water partition coefficient (Wildman–Crippen LogP) is 9.55. The van der Waals surface area contributed by atoms with Crippen molar-refractivity contribution in [3.63, 3.8) is 0 Å². The second-order valence-corrected chi connectivity index (χ2v) is 20.4. The van der Waals surface area contributed by atoms with Gasteiger partial charge in [-0.05, 0) is 76.2 Å². The number of hydrogen-bond donors (Lipinski definition) is 1. The van der Waals surface area contributed by atoms with E-state index in [1.54, 1.807) is 27.7 Å². The van der Waals surface area contributed by atoms with E-state index in [-0.39, 0.29) is 90.8 Å². The van der Waals surface area contributed by atoms with Gasteiger partial charge in [0.25, 0.3) is 31.9 Å². The van der Waals surface area contributed by atoms with Crippen LogP contribution in [0.1, 0.15) is 67.2 Å². The Bertz CT molecular complexity index is 2700. The number of aromatic nitrogens is 2. The number of morpholine rings is 2. The Labute approximate surface area is 408 Å². The molecule has 2 fully saturated rings. The number of carbonyl (C=O) groups is 2. The zero-order valence-corrected chi connectivity index (χ0v) is 40.3. The summed E-state index contributed by atoms with van der Waals surface area (Å²) in [6, 6.07) is 6.70. The Morgan fingerprint density at radius 1 is 0.706 bits per heavy atom. The molecule has 0 radical (unpaired) electrons. The fourth-order valence-corrected chi connectivity index (χ4v) is 10.2. The van der Waals surface area contributed by atoms with E-state index in [9.17, 15) is 52.8 Å². The van der Waals surface area contributed by atoms with Crippen LogP contribution in [0.3, 0.4) is 0 Å². The van der Waals surface area contributed by atoms with Gasteiger partial charge in [-0.2, -0.15) is 26.3 Å². The minimum atomic E-state index is -4.89. The molecule has 2 aromatic carbocycles. The zero-order valence-electron chi connectivity index (χ0n) is 35.6. The van der Waals surface area contributed by atoms with E-state index in [2.05, 4.69) is 14.7 Å². The van der Waals surface area contributed by atoms with Crippen LogP contribution < -0.4 is 9.03 Å². The van der Waals surface area contributed by atoms with Gasteiger partial charge in [0.1, 0.15) is 6.73 Å². The van der Waals surface area contributed by atoms with Crippen molar-refractivity contribution in [3.05, 3.63) is 104 Å². The summed E-state index contributed by atoms with van der Waals surface area (Å²) >= 11 is 23.2. The molecule has 2 saturated heterocycles. The zero-order chi connectivity index (χ0) is 50.0. The second-order valence-electron chi connectivity index (χ2n) is 15.2. The number of ether oxygens (including phenoxy) is 3. The average molecular weight is 1080 g/mol. The van der Waals surface area contributed by atoms with Crippen molar-refractivity contribution in [2.24, 2.45) is 0 Å². The van der Waals surface area contributed by atoms with Crippen LogP contribution in [0.15, 0.2) is 70.7 Å². The topological polar surface area (TPSA) is 178 Å². The third-order valence-corrected chi connectivity index (χ3v) is 13.8. The highest BCUT2D eigenvalue weighted by atomic mass is 35.5. The highest BCUT2D eigenvalue weighted by Gasteiger charge is 2.39. The normalized spacial score (nSPS) is 19.0. The number of halogens is 10. The Kier molecular flexibility index (Phi) is 18.5. The molecule has 6 rings (SSSR count). The number of pyridine rings is 2. The molecule has 2 aromatic heterocycles. The molecule has 4 heterocycles. The number of anilines is 2. The van der Waals surface area contributed by atoms with Gasteiger partial charge >= 0.3 is 12.4 Å². The summed E-state index contributed by atoms with van der Waals surface area (Å²) in [4.78, 5) is 35.9. The van der Waals surface area contributed by atoms with Crippen LogP contribution in [-0.2, 0) is 46.6 Å². The molecule has 2 aliphatic rings. The molecule has 0 bridgehead atoms. The van der Waals surface area contributed by atoms with Crippen LogP contribution in [-0.4, -0.2) is 113 Å². The van der Waals surface area contributed by atoms with Crippen LogP contribution in [0.5, 0.6) is 0 Å². The van der Waals surface area contributed by atoms with Crippen LogP contribution >= 0.6 is 46.4 Å². The maximum absolute atomic E-state index is 13.5. The Morgan fingerprint density at radius 3 is 1.57 bits per heavy atom. The number of rotatable bonds is 10. The fourth-order valence-electron chi connectivity index (χ4n) is 6.95. The molecule has 4 unspecified atom stereocenters. The SMILES string of the molecule is C.CC1CN(C(=O)c2ncc(Cl)cc2NS(=O)(=O)c2ccc(Cl)c(C(F)(F)F)c2)CC(C)O1.COCN(c1cc(Cl)cnc1C(=O)N1CC(C)OC(C)C1)S(=O)(=O)c1ccc(Cl)c(C(F)(F)F)c1. The number of nitrogens with one attached hydrogen (secondary N) is 1. The van der Waals surface area contributed by atoms with Gasteiger partial charge in [0.15, 0.2) is 11.4 Å². The van der Waals surface area contributed by atoms with Gasteiger partial charge in [-0.15, -0.1) is 0 Å². The lowest BCUT2D eigenvalue weighted by atomic mass is 10.2. The Balaban J connectivity index is 0.000000293. The summed E-state index contributed by atoms with van der Waals surface area (Å²) in [5.41, 5.74) is -3.66. The third kappa shape index (κ3) is 13.6. The summed E-state index contributed by atoms with van der Waals surface area (Å²) in [7, 11) is -8.04. The minimum Gasteiger partial charge on any atom is -0.372 e. The first-order valence-corrected chi connectivity index (χ1v) is 24.0. The molecule has 0 aliphatic carbocycles. The maximum atomic E-state index is 13.5. The first-order valence-electron chi connectivity index (χ1n) is 19.5. The van der Waals surface area contributed by atoms with Crippen LogP contribution in [0, 0.1) is 0 Å². The van der Waals surface area contributed by atoms with Crippen molar-refractivity contribution in [1.29, 1.82) is 0 Å². The van der Waals surface area contributed by atoms with Crippen molar-refractivity contribution in [1.82, 2.24) is 19.8 Å². The van der Waals surface area contributed by atoms with Gasteiger partial charge < -0.3 is 24.0 Å². The van der Waals surface area contributed by atoms with E-state index in [0.29, 0.717) is 16.4 Å². The summed E-state index contributed by atoms with van der Waals surface area (Å²) < 4.78 is 151. The molecule has 0 saturated carbocycles. The summed E-state index contributed by atoms with van der Waals surface area (Å²) in [6.07, 6.45) is -8.44. The first-order chi connectivity index (χ1) is 31.0. The van der Waals surface area contributed by atoms with Gasteiger partial charge in [0, 0.05) is 45.7 Å². The third-order valence-electron chi connectivity index (χ3n) is 9.65.